The van der Waals surface area contributed by atoms with E-state index < -0.39 is 5.41 Å². The molecule has 7 nitrogen and oxygen atoms in total. The van der Waals surface area contributed by atoms with Crippen molar-refractivity contribution >= 4 is 17.7 Å². The van der Waals surface area contributed by atoms with Crippen LogP contribution in [0.1, 0.15) is 56.1 Å². The molecule has 3 heterocycles. The fourth-order valence-corrected chi connectivity index (χ4v) is 6.01. The Balaban J connectivity index is 1.32. The molecule has 1 aliphatic carbocycles. The highest BCUT2D eigenvalue weighted by Gasteiger charge is 2.54. The first-order valence-electron chi connectivity index (χ1n) is 12.9. The van der Waals surface area contributed by atoms with Crippen molar-refractivity contribution in [2.45, 2.75) is 62.9 Å². The summed E-state index contributed by atoms with van der Waals surface area (Å²) in [5.41, 5.74) is 0.434. The van der Waals surface area contributed by atoms with Gasteiger partial charge in [0.1, 0.15) is 0 Å². The van der Waals surface area contributed by atoms with Crippen molar-refractivity contribution in [2.24, 2.45) is 0 Å². The Kier molecular flexibility index (Phi) is 6.95. The normalized spacial score (nSPS) is 24.2. The van der Waals surface area contributed by atoms with Crippen molar-refractivity contribution in [3.8, 4) is 0 Å². The molecule has 0 spiro atoms. The third-order valence-corrected chi connectivity index (χ3v) is 8.04. The first-order valence-corrected chi connectivity index (χ1v) is 12.9. The lowest BCUT2D eigenvalue weighted by atomic mass is 9.75. The number of carbonyl (C=O) groups is 3. The van der Waals surface area contributed by atoms with Crippen LogP contribution < -0.4 is 0 Å². The van der Waals surface area contributed by atoms with E-state index in [1.807, 2.05) is 35.2 Å². The first-order chi connectivity index (χ1) is 17.1. The Bertz CT molecular complexity index is 1050. The Morgan fingerprint density at radius 1 is 0.914 bits per heavy atom. The van der Waals surface area contributed by atoms with Gasteiger partial charge in [0.2, 0.25) is 17.7 Å². The molecule has 1 saturated carbocycles. The molecule has 2 aliphatic heterocycles. The molecule has 5 rings (SSSR count). The minimum atomic E-state index is -1.15. The van der Waals surface area contributed by atoms with Crippen molar-refractivity contribution in [2.75, 3.05) is 26.2 Å². The number of piperazine rings is 1. The van der Waals surface area contributed by atoms with Gasteiger partial charge in [0.05, 0.1) is 12.0 Å². The summed E-state index contributed by atoms with van der Waals surface area (Å²) in [6.07, 6.45) is 9.81. The molecule has 0 bridgehead atoms. The van der Waals surface area contributed by atoms with Crippen LogP contribution in [-0.4, -0.2) is 69.6 Å². The number of amides is 3. The molecule has 2 aromatic rings. The van der Waals surface area contributed by atoms with Crippen LogP contribution in [0.4, 0.5) is 0 Å². The van der Waals surface area contributed by atoms with E-state index in [4.69, 9.17) is 0 Å². The number of carbonyl (C=O) groups excluding carboxylic acids is 3. The van der Waals surface area contributed by atoms with Gasteiger partial charge in [-0.2, -0.15) is 0 Å². The number of likely N-dealkylation sites (tertiary alicyclic amines) is 1. The van der Waals surface area contributed by atoms with E-state index in [-0.39, 0.29) is 37.1 Å². The highest BCUT2D eigenvalue weighted by Crippen LogP contribution is 2.41. The fraction of sp³-hybridized carbons (Fsp3) is 0.500. The molecule has 2 saturated heterocycles. The SMILES string of the molecule is O=C(C[C@]1(c2ccccc2)CC(=O)N(Cc2ccncc2)C1=O)N1CCN(C2CCCCC2)CC1. The number of aromatic nitrogens is 1. The topological polar surface area (TPSA) is 73.8 Å². The molecule has 0 radical (unpaired) electrons. The predicted octanol–water partition coefficient (Wildman–Crippen LogP) is 3.15. The number of nitrogens with zero attached hydrogens (tertiary/aromatic N) is 4. The van der Waals surface area contributed by atoms with Crippen LogP contribution in [0.5, 0.6) is 0 Å². The van der Waals surface area contributed by atoms with E-state index in [0.29, 0.717) is 19.1 Å². The molecule has 3 fully saturated rings. The van der Waals surface area contributed by atoms with E-state index in [0.717, 1.165) is 24.2 Å². The summed E-state index contributed by atoms with van der Waals surface area (Å²) in [4.78, 5) is 50.3. The Hall–Kier alpha value is -3.06. The Morgan fingerprint density at radius 3 is 2.29 bits per heavy atom. The van der Waals surface area contributed by atoms with Crippen LogP contribution in [0.3, 0.4) is 0 Å². The number of hydrogen-bond donors (Lipinski definition) is 0. The van der Waals surface area contributed by atoms with Crippen molar-refractivity contribution < 1.29 is 14.4 Å². The average Bonchev–Trinajstić information content (AvgIpc) is 3.15. The Morgan fingerprint density at radius 2 is 1.60 bits per heavy atom. The van der Waals surface area contributed by atoms with E-state index >= 15 is 0 Å². The summed E-state index contributed by atoms with van der Waals surface area (Å²) in [6.45, 7) is 3.33. The molecule has 1 aromatic carbocycles. The van der Waals surface area contributed by atoms with Crippen LogP contribution in [0.2, 0.25) is 0 Å². The molecule has 3 amide bonds. The second-order valence-electron chi connectivity index (χ2n) is 10.2. The standard InChI is InChI=1S/C28H34N4O3/c33-25(31-17-15-30(16-18-31)24-9-5-2-6-10-24)19-28(23-7-3-1-4-8-23)20-26(34)32(27(28)35)21-22-11-13-29-14-12-22/h1,3-4,7-8,11-14,24H,2,5-6,9-10,15-21H2/t28-/m1/s1. The molecule has 3 aliphatic rings. The van der Waals surface area contributed by atoms with Gasteiger partial charge in [-0.3, -0.25) is 29.2 Å². The Labute approximate surface area is 207 Å². The highest BCUT2D eigenvalue weighted by atomic mass is 16.2. The van der Waals surface area contributed by atoms with Gasteiger partial charge >= 0.3 is 0 Å². The van der Waals surface area contributed by atoms with E-state index in [1.165, 1.54) is 37.0 Å². The van der Waals surface area contributed by atoms with E-state index in [2.05, 4.69) is 9.88 Å². The summed E-state index contributed by atoms with van der Waals surface area (Å²) in [6, 6.07) is 13.6. The minimum Gasteiger partial charge on any atom is -0.340 e. The van der Waals surface area contributed by atoms with E-state index in [1.54, 1.807) is 24.5 Å². The van der Waals surface area contributed by atoms with E-state index in [9.17, 15) is 14.4 Å². The smallest absolute Gasteiger partial charge is 0.241 e. The molecule has 1 aromatic heterocycles. The zero-order chi connectivity index (χ0) is 24.3. The molecular weight excluding hydrogens is 440 g/mol. The lowest BCUT2D eigenvalue weighted by molar-refractivity contribution is -0.143. The second-order valence-corrected chi connectivity index (χ2v) is 10.2. The van der Waals surface area contributed by atoms with Crippen molar-refractivity contribution in [1.29, 1.82) is 0 Å². The maximum absolute atomic E-state index is 13.8. The van der Waals surface area contributed by atoms with Crippen LogP contribution in [0.15, 0.2) is 54.9 Å². The summed E-state index contributed by atoms with van der Waals surface area (Å²) in [5.74, 6) is -0.547. The molecule has 184 valence electrons. The summed E-state index contributed by atoms with van der Waals surface area (Å²) in [5, 5.41) is 0. The minimum absolute atomic E-state index is 0.0225. The number of benzene rings is 1. The highest BCUT2D eigenvalue weighted by molar-refractivity contribution is 6.10. The zero-order valence-corrected chi connectivity index (χ0v) is 20.3. The summed E-state index contributed by atoms with van der Waals surface area (Å²) >= 11 is 0. The molecule has 35 heavy (non-hydrogen) atoms. The van der Waals surface area contributed by atoms with Gasteiger partial charge in [0.15, 0.2) is 0 Å². The molecular formula is C28H34N4O3. The lowest BCUT2D eigenvalue weighted by Gasteiger charge is -2.41. The monoisotopic (exact) mass is 474 g/mol. The van der Waals surface area contributed by atoms with Gasteiger partial charge in [-0.25, -0.2) is 0 Å². The van der Waals surface area contributed by atoms with Gasteiger partial charge in [-0.15, -0.1) is 0 Å². The summed E-state index contributed by atoms with van der Waals surface area (Å²) < 4.78 is 0. The lowest BCUT2D eigenvalue weighted by Crippen LogP contribution is -2.53. The molecule has 7 heteroatoms. The third-order valence-electron chi connectivity index (χ3n) is 8.04. The van der Waals surface area contributed by atoms with Crippen molar-refractivity contribution in [3.05, 3.63) is 66.0 Å². The fourth-order valence-electron chi connectivity index (χ4n) is 6.01. The quantitative estimate of drug-likeness (QED) is 0.602. The number of imide groups is 1. The largest absolute Gasteiger partial charge is 0.340 e. The third kappa shape index (κ3) is 4.87. The van der Waals surface area contributed by atoms with Gasteiger partial charge < -0.3 is 4.90 Å². The maximum Gasteiger partial charge on any atom is 0.241 e. The molecule has 0 unspecified atom stereocenters. The zero-order valence-electron chi connectivity index (χ0n) is 20.3. The number of rotatable bonds is 6. The maximum atomic E-state index is 13.8. The number of pyridine rings is 1. The van der Waals surface area contributed by atoms with Crippen molar-refractivity contribution in [3.63, 3.8) is 0 Å². The van der Waals surface area contributed by atoms with Gasteiger partial charge in [0.25, 0.3) is 0 Å². The van der Waals surface area contributed by atoms with Gasteiger partial charge in [0, 0.05) is 57.5 Å². The number of hydrogen-bond acceptors (Lipinski definition) is 5. The summed E-state index contributed by atoms with van der Waals surface area (Å²) in [7, 11) is 0. The van der Waals surface area contributed by atoms with Crippen LogP contribution in [-0.2, 0) is 26.3 Å². The van der Waals surface area contributed by atoms with Crippen LogP contribution in [0, 0.1) is 0 Å². The van der Waals surface area contributed by atoms with Crippen molar-refractivity contribution in [1.82, 2.24) is 19.7 Å². The van der Waals surface area contributed by atoms with Crippen LogP contribution in [0.25, 0.3) is 0 Å². The molecule has 0 N–H and O–H groups in total. The van der Waals surface area contributed by atoms with Gasteiger partial charge in [-0.1, -0.05) is 49.6 Å². The van der Waals surface area contributed by atoms with Gasteiger partial charge in [-0.05, 0) is 36.1 Å². The first kappa shape index (κ1) is 23.7. The second kappa shape index (κ2) is 10.3. The molecule has 1 atom stereocenters. The average molecular weight is 475 g/mol. The van der Waals surface area contributed by atoms with Crippen LogP contribution >= 0.6 is 0 Å². The predicted molar refractivity (Wildman–Crippen MR) is 132 cm³/mol.